The van der Waals surface area contributed by atoms with Crippen molar-refractivity contribution >= 4 is 17.4 Å². The van der Waals surface area contributed by atoms with E-state index in [2.05, 4.69) is 40.9 Å². The number of aromatic nitrogens is 3. The number of anilines is 1. The monoisotopic (exact) mass is 465 g/mol. The van der Waals surface area contributed by atoms with E-state index in [1.165, 1.54) is 12.8 Å². The van der Waals surface area contributed by atoms with E-state index in [0.29, 0.717) is 17.9 Å². The van der Waals surface area contributed by atoms with Gasteiger partial charge < -0.3 is 20.4 Å². The minimum absolute atomic E-state index is 0.0615. The van der Waals surface area contributed by atoms with Gasteiger partial charge in [-0.1, -0.05) is 6.42 Å². The van der Waals surface area contributed by atoms with Gasteiger partial charge in [-0.15, -0.1) is 0 Å². The molecule has 5 heterocycles. The normalized spacial score (nSPS) is 32.5. The second-order valence-corrected chi connectivity index (χ2v) is 11.2. The van der Waals surface area contributed by atoms with Crippen molar-refractivity contribution in [3.63, 3.8) is 0 Å². The zero-order valence-electron chi connectivity index (χ0n) is 20.7. The van der Waals surface area contributed by atoms with Crippen LogP contribution in [0.1, 0.15) is 68.7 Å². The average molecular weight is 466 g/mol. The van der Waals surface area contributed by atoms with Crippen molar-refractivity contribution in [2.75, 3.05) is 38.1 Å². The van der Waals surface area contributed by atoms with Crippen LogP contribution in [0, 0.1) is 18.8 Å². The molecular formula is C26H39N7O. The van der Waals surface area contributed by atoms with E-state index in [1.807, 2.05) is 4.52 Å². The number of hydrogen-bond donors (Lipinski definition) is 1. The third kappa shape index (κ3) is 3.79. The molecule has 4 aliphatic rings. The van der Waals surface area contributed by atoms with Crippen LogP contribution in [0.4, 0.5) is 5.82 Å². The Morgan fingerprint density at radius 1 is 1.06 bits per heavy atom. The molecule has 2 aromatic heterocycles. The van der Waals surface area contributed by atoms with Crippen molar-refractivity contribution in [3.8, 4) is 0 Å². The van der Waals surface area contributed by atoms with Crippen LogP contribution in [0.3, 0.4) is 0 Å². The first-order valence-corrected chi connectivity index (χ1v) is 13.4. The number of carbonyl (C=O) groups is 1. The Kier molecular flexibility index (Phi) is 5.76. The lowest BCUT2D eigenvalue weighted by Crippen LogP contribution is -2.47. The van der Waals surface area contributed by atoms with Crippen molar-refractivity contribution in [2.45, 2.75) is 76.4 Å². The highest BCUT2D eigenvalue weighted by Crippen LogP contribution is 2.42. The third-order valence-corrected chi connectivity index (χ3v) is 9.00. The zero-order valence-corrected chi connectivity index (χ0v) is 20.7. The van der Waals surface area contributed by atoms with Gasteiger partial charge in [0.05, 0.1) is 11.7 Å². The fourth-order valence-corrected chi connectivity index (χ4v) is 7.21. The van der Waals surface area contributed by atoms with Crippen LogP contribution in [0.2, 0.25) is 0 Å². The lowest BCUT2D eigenvalue weighted by Gasteiger charge is -2.41. The van der Waals surface area contributed by atoms with Gasteiger partial charge in [0.25, 0.3) is 0 Å². The Balaban J connectivity index is 1.27. The van der Waals surface area contributed by atoms with Gasteiger partial charge >= 0.3 is 0 Å². The highest BCUT2D eigenvalue weighted by molar-refractivity contribution is 5.80. The molecule has 0 bridgehead atoms. The predicted molar refractivity (Wildman–Crippen MR) is 133 cm³/mol. The molecule has 1 saturated carbocycles. The zero-order chi connectivity index (χ0) is 23.4. The molecule has 1 aliphatic carbocycles. The molecule has 0 spiro atoms. The summed E-state index contributed by atoms with van der Waals surface area (Å²) in [6.45, 7) is 5.89. The third-order valence-electron chi connectivity index (χ3n) is 9.00. The Labute approximate surface area is 202 Å². The number of nitrogens with zero attached hydrogens (tertiary/aromatic N) is 6. The SMILES string of the molecule is Cc1cn2nc([C@@H]3CCCCN3C(=O)C3CCCC4C3CCN4C)cc2nc1N1CC[C@H](N)C1. The predicted octanol–water partition coefficient (Wildman–Crippen LogP) is 2.75. The van der Waals surface area contributed by atoms with Crippen LogP contribution in [-0.2, 0) is 4.79 Å². The van der Waals surface area contributed by atoms with Gasteiger partial charge in [0.2, 0.25) is 5.91 Å². The minimum atomic E-state index is 0.0615. The van der Waals surface area contributed by atoms with Crippen molar-refractivity contribution in [1.29, 1.82) is 0 Å². The van der Waals surface area contributed by atoms with E-state index in [9.17, 15) is 4.79 Å². The summed E-state index contributed by atoms with van der Waals surface area (Å²) < 4.78 is 1.91. The molecule has 8 heteroatoms. The molecule has 5 atom stereocenters. The van der Waals surface area contributed by atoms with Crippen LogP contribution >= 0.6 is 0 Å². The van der Waals surface area contributed by atoms with E-state index in [0.717, 1.165) is 87.4 Å². The Morgan fingerprint density at radius 3 is 2.76 bits per heavy atom. The maximum Gasteiger partial charge on any atom is 0.226 e. The summed E-state index contributed by atoms with van der Waals surface area (Å²) in [7, 11) is 2.23. The van der Waals surface area contributed by atoms with Crippen LogP contribution in [0.15, 0.2) is 12.3 Å². The summed E-state index contributed by atoms with van der Waals surface area (Å²) in [5.74, 6) is 2.09. The highest BCUT2D eigenvalue weighted by atomic mass is 16.2. The molecule has 6 rings (SSSR count). The highest BCUT2D eigenvalue weighted by Gasteiger charge is 2.45. The number of hydrogen-bond acceptors (Lipinski definition) is 6. The first kappa shape index (κ1) is 22.3. The second kappa shape index (κ2) is 8.79. The number of nitrogens with two attached hydrogens (primary N) is 1. The topological polar surface area (TPSA) is 83.0 Å². The van der Waals surface area contributed by atoms with Crippen LogP contribution < -0.4 is 10.6 Å². The van der Waals surface area contributed by atoms with Gasteiger partial charge in [-0.2, -0.15) is 5.10 Å². The van der Waals surface area contributed by atoms with E-state index < -0.39 is 0 Å². The van der Waals surface area contributed by atoms with Gasteiger partial charge in [0, 0.05) is 55.5 Å². The van der Waals surface area contributed by atoms with Crippen LogP contribution in [0.25, 0.3) is 5.65 Å². The summed E-state index contributed by atoms with van der Waals surface area (Å²) in [5.41, 5.74) is 9.12. The Hall–Kier alpha value is -2.19. The summed E-state index contributed by atoms with van der Waals surface area (Å²) >= 11 is 0. The largest absolute Gasteiger partial charge is 0.355 e. The minimum Gasteiger partial charge on any atom is -0.355 e. The average Bonchev–Trinajstić information content (AvgIpc) is 3.56. The number of aryl methyl sites for hydroxylation is 1. The molecule has 2 N–H and O–H groups in total. The molecule has 184 valence electrons. The van der Waals surface area contributed by atoms with Gasteiger partial charge in [-0.05, 0) is 71.4 Å². The summed E-state index contributed by atoms with van der Waals surface area (Å²) in [6, 6.07) is 2.98. The summed E-state index contributed by atoms with van der Waals surface area (Å²) in [4.78, 5) is 25.9. The second-order valence-electron chi connectivity index (χ2n) is 11.2. The maximum absolute atomic E-state index is 14.0. The lowest BCUT2D eigenvalue weighted by molar-refractivity contribution is -0.143. The molecular weight excluding hydrogens is 426 g/mol. The molecule has 3 unspecified atom stereocenters. The molecule has 3 aliphatic heterocycles. The van der Waals surface area contributed by atoms with E-state index >= 15 is 0 Å². The van der Waals surface area contributed by atoms with Gasteiger partial charge in [0.1, 0.15) is 5.82 Å². The van der Waals surface area contributed by atoms with Crippen LogP contribution in [-0.4, -0.2) is 75.6 Å². The van der Waals surface area contributed by atoms with Gasteiger partial charge in [-0.25, -0.2) is 9.50 Å². The Morgan fingerprint density at radius 2 is 1.94 bits per heavy atom. The van der Waals surface area contributed by atoms with Gasteiger partial charge in [-0.3, -0.25) is 4.79 Å². The first-order valence-electron chi connectivity index (χ1n) is 13.4. The number of amides is 1. The quantitative estimate of drug-likeness (QED) is 0.751. The maximum atomic E-state index is 14.0. The molecule has 3 saturated heterocycles. The number of likely N-dealkylation sites (tertiary alicyclic amines) is 2. The number of fused-ring (bicyclic) bond motifs is 2. The molecule has 0 aromatic carbocycles. The fourth-order valence-electron chi connectivity index (χ4n) is 7.21. The molecule has 4 fully saturated rings. The van der Waals surface area contributed by atoms with E-state index in [1.54, 1.807) is 0 Å². The van der Waals surface area contributed by atoms with Crippen molar-refractivity contribution in [2.24, 2.45) is 17.6 Å². The van der Waals surface area contributed by atoms with Crippen molar-refractivity contribution in [1.82, 2.24) is 24.4 Å². The first-order chi connectivity index (χ1) is 16.5. The summed E-state index contributed by atoms with van der Waals surface area (Å²) in [5, 5.41) is 4.95. The number of rotatable bonds is 3. The number of piperidine rings is 1. The van der Waals surface area contributed by atoms with Crippen LogP contribution in [0.5, 0.6) is 0 Å². The standard InChI is InChI=1S/C26H39N7O/c1-17-15-33-24(28-25(17)31-13-9-18(27)16-31)14-21(29-33)23-7-3-4-11-32(23)26(34)20-6-5-8-22-19(20)10-12-30(22)2/h14-15,18-20,22-23H,3-13,16,27H2,1-2H3/t18-,19?,20?,22?,23-/m0/s1. The van der Waals surface area contributed by atoms with Crippen molar-refractivity contribution < 1.29 is 4.79 Å². The van der Waals surface area contributed by atoms with Crippen molar-refractivity contribution in [3.05, 3.63) is 23.5 Å². The van der Waals surface area contributed by atoms with E-state index in [4.69, 9.17) is 15.8 Å². The molecule has 0 radical (unpaired) electrons. The summed E-state index contributed by atoms with van der Waals surface area (Å²) in [6.07, 6.45) is 10.9. The lowest BCUT2D eigenvalue weighted by atomic mass is 9.75. The molecule has 34 heavy (non-hydrogen) atoms. The fraction of sp³-hybridized carbons (Fsp3) is 0.731. The smallest absolute Gasteiger partial charge is 0.226 e. The van der Waals surface area contributed by atoms with E-state index in [-0.39, 0.29) is 18.0 Å². The molecule has 8 nitrogen and oxygen atoms in total. The molecule has 2 aromatic rings. The Bertz CT molecular complexity index is 1070. The molecule has 1 amide bonds. The van der Waals surface area contributed by atoms with Gasteiger partial charge in [0.15, 0.2) is 5.65 Å². The number of carbonyl (C=O) groups excluding carboxylic acids is 1.